The van der Waals surface area contributed by atoms with Crippen LogP contribution in [0.1, 0.15) is 27.2 Å². The van der Waals surface area contributed by atoms with Crippen LogP contribution in [-0.4, -0.2) is 17.5 Å². The highest BCUT2D eigenvalue weighted by Crippen LogP contribution is 2.31. The molecule has 0 aliphatic carbocycles. The van der Waals surface area contributed by atoms with Crippen LogP contribution >= 0.6 is 0 Å². The molecule has 0 bridgehead atoms. The predicted octanol–water partition coefficient (Wildman–Crippen LogP) is 1.39. The third-order valence-corrected chi connectivity index (χ3v) is 2.58. The molecule has 1 N–H and O–H groups in total. The van der Waals surface area contributed by atoms with Crippen LogP contribution in [0.5, 0.6) is 0 Å². The van der Waals surface area contributed by atoms with E-state index >= 15 is 0 Å². The molecule has 0 spiro atoms. The molecule has 0 radical (unpaired) electrons. The standard InChI is InChI=1S/C8H16O2/c1-4-7-5(2)6(3)8(9)10-7/h5-9H,4H2,1-3H3/t5-,6?,7-,8-/m1/s1. The third-order valence-electron chi connectivity index (χ3n) is 2.58. The Balaban J connectivity index is 2.53. The zero-order valence-electron chi connectivity index (χ0n) is 6.87. The van der Waals surface area contributed by atoms with Gasteiger partial charge >= 0.3 is 0 Å². The monoisotopic (exact) mass is 144 g/mol. The molecular weight excluding hydrogens is 128 g/mol. The van der Waals surface area contributed by atoms with E-state index < -0.39 is 6.29 Å². The van der Waals surface area contributed by atoms with Gasteiger partial charge in [0.05, 0.1) is 6.10 Å². The first-order valence-corrected chi connectivity index (χ1v) is 4.00. The lowest BCUT2D eigenvalue weighted by molar-refractivity contribution is -0.106. The highest BCUT2D eigenvalue weighted by molar-refractivity contribution is 4.79. The minimum absolute atomic E-state index is 0.269. The van der Waals surface area contributed by atoms with Gasteiger partial charge in [0.2, 0.25) is 0 Å². The van der Waals surface area contributed by atoms with Gasteiger partial charge < -0.3 is 9.84 Å². The zero-order chi connectivity index (χ0) is 7.72. The van der Waals surface area contributed by atoms with Crippen LogP contribution in [0.15, 0.2) is 0 Å². The Bertz CT molecular complexity index is 114. The van der Waals surface area contributed by atoms with Crippen molar-refractivity contribution in [3.05, 3.63) is 0 Å². The Morgan fingerprint density at radius 3 is 2.10 bits per heavy atom. The van der Waals surface area contributed by atoms with Crippen molar-refractivity contribution < 1.29 is 9.84 Å². The van der Waals surface area contributed by atoms with Gasteiger partial charge in [-0.3, -0.25) is 0 Å². The second-order valence-electron chi connectivity index (χ2n) is 3.19. The first-order chi connectivity index (χ1) is 4.66. The summed E-state index contributed by atoms with van der Waals surface area (Å²) in [6.07, 6.45) is 0.743. The molecule has 0 aromatic heterocycles. The number of aliphatic hydroxyl groups is 1. The van der Waals surface area contributed by atoms with E-state index in [0.717, 1.165) is 6.42 Å². The van der Waals surface area contributed by atoms with Gasteiger partial charge in [-0.25, -0.2) is 0 Å². The molecule has 0 saturated carbocycles. The lowest BCUT2D eigenvalue weighted by Crippen LogP contribution is -2.15. The van der Waals surface area contributed by atoms with Crippen molar-refractivity contribution in [3.63, 3.8) is 0 Å². The van der Waals surface area contributed by atoms with Crippen LogP contribution < -0.4 is 0 Å². The van der Waals surface area contributed by atoms with Gasteiger partial charge in [-0.2, -0.15) is 0 Å². The molecule has 0 aromatic rings. The van der Waals surface area contributed by atoms with Gasteiger partial charge in [0.25, 0.3) is 0 Å². The summed E-state index contributed by atoms with van der Waals surface area (Å²) in [7, 11) is 0. The fourth-order valence-electron chi connectivity index (χ4n) is 1.49. The molecule has 1 rings (SSSR count). The maximum atomic E-state index is 9.25. The van der Waals surface area contributed by atoms with Gasteiger partial charge in [0.1, 0.15) is 0 Å². The van der Waals surface area contributed by atoms with Crippen molar-refractivity contribution in [2.24, 2.45) is 11.8 Å². The fourth-order valence-corrected chi connectivity index (χ4v) is 1.49. The second kappa shape index (κ2) is 2.89. The van der Waals surface area contributed by atoms with Crippen molar-refractivity contribution in [1.29, 1.82) is 0 Å². The summed E-state index contributed by atoms with van der Waals surface area (Å²) in [5, 5.41) is 9.25. The van der Waals surface area contributed by atoms with Gasteiger partial charge in [0, 0.05) is 5.92 Å². The molecule has 1 saturated heterocycles. The summed E-state index contributed by atoms with van der Waals surface area (Å²) in [6.45, 7) is 6.26. The van der Waals surface area contributed by atoms with Gasteiger partial charge in [0.15, 0.2) is 6.29 Å². The number of ether oxygens (including phenoxy) is 1. The van der Waals surface area contributed by atoms with Crippen LogP contribution in [0.25, 0.3) is 0 Å². The number of hydrogen-bond acceptors (Lipinski definition) is 2. The summed E-state index contributed by atoms with van der Waals surface area (Å²) in [6, 6.07) is 0. The normalized spacial score (nSPS) is 48.0. The minimum atomic E-state index is -0.528. The predicted molar refractivity (Wildman–Crippen MR) is 39.5 cm³/mol. The van der Waals surface area contributed by atoms with E-state index in [-0.39, 0.29) is 6.10 Å². The fraction of sp³-hybridized carbons (Fsp3) is 1.00. The topological polar surface area (TPSA) is 29.5 Å². The van der Waals surface area contributed by atoms with E-state index in [9.17, 15) is 5.11 Å². The molecule has 2 heteroatoms. The van der Waals surface area contributed by atoms with Crippen LogP contribution in [0.2, 0.25) is 0 Å². The average Bonchev–Trinajstić information content (AvgIpc) is 2.17. The van der Waals surface area contributed by atoms with Crippen molar-refractivity contribution in [2.75, 3.05) is 0 Å². The van der Waals surface area contributed by atoms with Crippen LogP contribution in [-0.2, 0) is 4.74 Å². The van der Waals surface area contributed by atoms with E-state index in [1.165, 1.54) is 0 Å². The Hall–Kier alpha value is -0.0800. The molecule has 1 heterocycles. The van der Waals surface area contributed by atoms with Crippen molar-refractivity contribution >= 4 is 0 Å². The molecule has 0 aromatic carbocycles. The van der Waals surface area contributed by atoms with E-state index in [4.69, 9.17) is 4.74 Å². The number of hydrogen-bond donors (Lipinski definition) is 1. The van der Waals surface area contributed by atoms with E-state index in [0.29, 0.717) is 11.8 Å². The van der Waals surface area contributed by atoms with E-state index in [1.54, 1.807) is 0 Å². The summed E-state index contributed by atoms with van der Waals surface area (Å²) in [5.74, 6) is 0.796. The first kappa shape index (κ1) is 8.02. The van der Waals surface area contributed by atoms with Crippen molar-refractivity contribution in [1.82, 2.24) is 0 Å². The van der Waals surface area contributed by atoms with E-state index in [2.05, 4.69) is 13.8 Å². The number of rotatable bonds is 1. The molecule has 10 heavy (non-hydrogen) atoms. The summed E-state index contributed by atoms with van der Waals surface area (Å²) in [5.41, 5.74) is 0. The van der Waals surface area contributed by atoms with Crippen molar-refractivity contribution in [3.8, 4) is 0 Å². The quantitative estimate of drug-likeness (QED) is 0.602. The lowest BCUT2D eigenvalue weighted by atomic mass is 9.92. The molecule has 60 valence electrons. The van der Waals surface area contributed by atoms with Crippen LogP contribution in [0.3, 0.4) is 0 Å². The Morgan fingerprint density at radius 1 is 1.30 bits per heavy atom. The van der Waals surface area contributed by atoms with Gasteiger partial charge in [-0.15, -0.1) is 0 Å². The molecule has 4 atom stereocenters. The first-order valence-electron chi connectivity index (χ1n) is 4.00. The van der Waals surface area contributed by atoms with E-state index in [1.807, 2.05) is 6.92 Å². The summed E-state index contributed by atoms with van der Waals surface area (Å²) >= 11 is 0. The highest BCUT2D eigenvalue weighted by atomic mass is 16.6. The molecule has 2 nitrogen and oxygen atoms in total. The van der Waals surface area contributed by atoms with Gasteiger partial charge in [-0.05, 0) is 12.3 Å². The largest absolute Gasteiger partial charge is 0.368 e. The average molecular weight is 144 g/mol. The Morgan fingerprint density at radius 2 is 1.90 bits per heavy atom. The molecule has 1 aliphatic rings. The Labute approximate surface area is 62.2 Å². The molecular formula is C8H16O2. The smallest absolute Gasteiger partial charge is 0.157 e. The number of aliphatic hydroxyl groups excluding tert-OH is 1. The lowest BCUT2D eigenvalue weighted by Gasteiger charge is -2.12. The van der Waals surface area contributed by atoms with Gasteiger partial charge in [-0.1, -0.05) is 20.8 Å². The zero-order valence-corrected chi connectivity index (χ0v) is 6.87. The summed E-state index contributed by atoms with van der Waals surface area (Å²) < 4.78 is 5.29. The van der Waals surface area contributed by atoms with Crippen LogP contribution in [0, 0.1) is 11.8 Å². The SMILES string of the molecule is CC[C@H]1O[C@@H](O)C(C)[C@H]1C. The third kappa shape index (κ3) is 1.18. The molecule has 1 unspecified atom stereocenters. The second-order valence-corrected chi connectivity index (χ2v) is 3.19. The van der Waals surface area contributed by atoms with Crippen LogP contribution in [0.4, 0.5) is 0 Å². The highest BCUT2D eigenvalue weighted by Gasteiger charge is 2.36. The molecule has 0 amide bonds. The minimum Gasteiger partial charge on any atom is -0.368 e. The molecule has 1 fully saturated rings. The maximum absolute atomic E-state index is 9.25. The maximum Gasteiger partial charge on any atom is 0.157 e. The van der Waals surface area contributed by atoms with Crippen molar-refractivity contribution in [2.45, 2.75) is 39.6 Å². The summed E-state index contributed by atoms with van der Waals surface area (Å²) in [4.78, 5) is 0. The Kier molecular flexibility index (Phi) is 2.32. The molecule has 1 aliphatic heterocycles.